The van der Waals surface area contributed by atoms with E-state index in [0.717, 1.165) is 0 Å². The SMILES string of the molecule is CCOc1ccc(NC(=O)CC(C)N)cc1Cl. The largest absolute Gasteiger partial charge is 0.492 e. The van der Waals surface area contributed by atoms with Crippen molar-refractivity contribution in [3.8, 4) is 5.75 Å². The average molecular weight is 257 g/mol. The molecule has 5 heteroatoms. The molecule has 4 nitrogen and oxygen atoms in total. The number of ether oxygens (including phenoxy) is 1. The summed E-state index contributed by atoms with van der Waals surface area (Å²) in [6.07, 6.45) is 0.283. The maximum absolute atomic E-state index is 11.5. The van der Waals surface area contributed by atoms with Crippen molar-refractivity contribution in [3.63, 3.8) is 0 Å². The number of nitrogens with one attached hydrogen (secondary N) is 1. The quantitative estimate of drug-likeness (QED) is 0.850. The van der Waals surface area contributed by atoms with Gasteiger partial charge >= 0.3 is 0 Å². The molecule has 0 aliphatic carbocycles. The molecule has 0 heterocycles. The number of benzene rings is 1. The zero-order chi connectivity index (χ0) is 12.8. The lowest BCUT2D eigenvalue weighted by Gasteiger charge is -2.10. The summed E-state index contributed by atoms with van der Waals surface area (Å²) in [5.41, 5.74) is 6.18. The molecule has 0 aliphatic heterocycles. The smallest absolute Gasteiger partial charge is 0.225 e. The van der Waals surface area contributed by atoms with Crippen molar-refractivity contribution in [2.75, 3.05) is 11.9 Å². The molecule has 1 aromatic carbocycles. The molecule has 0 radical (unpaired) electrons. The maximum Gasteiger partial charge on any atom is 0.225 e. The Morgan fingerprint density at radius 1 is 1.59 bits per heavy atom. The summed E-state index contributed by atoms with van der Waals surface area (Å²) in [4.78, 5) is 11.5. The third-order valence-corrected chi connectivity index (χ3v) is 2.32. The maximum atomic E-state index is 11.5. The Morgan fingerprint density at radius 3 is 2.82 bits per heavy atom. The zero-order valence-electron chi connectivity index (χ0n) is 10.00. The molecule has 0 bridgehead atoms. The second-order valence-electron chi connectivity index (χ2n) is 3.81. The van der Waals surface area contributed by atoms with Crippen LogP contribution in [0.2, 0.25) is 5.02 Å². The highest BCUT2D eigenvalue weighted by Crippen LogP contribution is 2.27. The van der Waals surface area contributed by atoms with Crippen LogP contribution in [0.15, 0.2) is 18.2 Å². The minimum absolute atomic E-state index is 0.125. The molecule has 0 fully saturated rings. The second kappa shape index (κ2) is 6.47. The molecule has 0 spiro atoms. The van der Waals surface area contributed by atoms with E-state index in [0.29, 0.717) is 23.1 Å². The summed E-state index contributed by atoms with van der Waals surface area (Å²) in [5.74, 6) is 0.486. The van der Waals surface area contributed by atoms with Gasteiger partial charge in [0.1, 0.15) is 5.75 Å². The van der Waals surface area contributed by atoms with Crippen molar-refractivity contribution in [2.45, 2.75) is 26.3 Å². The van der Waals surface area contributed by atoms with Crippen molar-refractivity contribution in [1.29, 1.82) is 0 Å². The fourth-order valence-corrected chi connectivity index (χ4v) is 1.59. The van der Waals surface area contributed by atoms with Gasteiger partial charge in [0.2, 0.25) is 5.91 Å². The Labute approximate surface area is 106 Å². The summed E-state index contributed by atoms with van der Waals surface area (Å²) >= 11 is 6.00. The summed E-state index contributed by atoms with van der Waals surface area (Å²) < 4.78 is 5.30. The predicted octanol–water partition coefficient (Wildman–Crippen LogP) is 2.41. The van der Waals surface area contributed by atoms with Crippen molar-refractivity contribution >= 4 is 23.2 Å². The number of nitrogens with two attached hydrogens (primary N) is 1. The Hall–Kier alpha value is -1.26. The minimum Gasteiger partial charge on any atom is -0.492 e. The van der Waals surface area contributed by atoms with Gasteiger partial charge in [0, 0.05) is 18.2 Å². The molecular formula is C12H17ClN2O2. The Kier molecular flexibility index (Phi) is 5.25. The van der Waals surface area contributed by atoms with Crippen LogP contribution in [0.25, 0.3) is 0 Å². The number of hydrogen-bond donors (Lipinski definition) is 2. The number of carbonyl (C=O) groups is 1. The molecule has 0 saturated heterocycles. The van der Waals surface area contributed by atoms with Gasteiger partial charge in [-0.1, -0.05) is 11.6 Å². The van der Waals surface area contributed by atoms with Crippen LogP contribution in [0.4, 0.5) is 5.69 Å². The van der Waals surface area contributed by atoms with E-state index in [1.165, 1.54) is 0 Å². The molecule has 0 saturated carbocycles. The first kappa shape index (κ1) is 13.8. The van der Waals surface area contributed by atoms with Gasteiger partial charge in [0.05, 0.1) is 11.6 Å². The highest BCUT2D eigenvalue weighted by atomic mass is 35.5. The molecule has 1 amide bonds. The fraction of sp³-hybridized carbons (Fsp3) is 0.417. The van der Waals surface area contributed by atoms with Gasteiger partial charge in [0.15, 0.2) is 0 Å². The van der Waals surface area contributed by atoms with Crippen LogP contribution in [0.5, 0.6) is 5.75 Å². The van der Waals surface area contributed by atoms with Crippen LogP contribution >= 0.6 is 11.6 Å². The van der Waals surface area contributed by atoms with Crippen molar-refractivity contribution in [2.24, 2.45) is 5.73 Å². The molecule has 1 aromatic rings. The molecule has 17 heavy (non-hydrogen) atoms. The van der Waals surface area contributed by atoms with Gasteiger partial charge in [0.25, 0.3) is 0 Å². The van der Waals surface area contributed by atoms with Gasteiger partial charge in [-0.25, -0.2) is 0 Å². The Morgan fingerprint density at radius 2 is 2.29 bits per heavy atom. The lowest BCUT2D eigenvalue weighted by molar-refractivity contribution is -0.116. The Balaban J connectivity index is 2.67. The third-order valence-electron chi connectivity index (χ3n) is 2.02. The fourth-order valence-electron chi connectivity index (χ4n) is 1.36. The first-order chi connectivity index (χ1) is 8.02. The summed E-state index contributed by atoms with van der Waals surface area (Å²) in [7, 11) is 0. The molecule has 1 unspecified atom stereocenters. The zero-order valence-corrected chi connectivity index (χ0v) is 10.8. The van der Waals surface area contributed by atoms with Crippen molar-refractivity contribution in [1.82, 2.24) is 0 Å². The van der Waals surface area contributed by atoms with Crippen LogP contribution < -0.4 is 15.8 Å². The predicted molar refractivity (Wildman–Crippen MR) is 69.5 cm³/mol. The molecule has 1 rings (SSSR count). The van der Waals surface area contributed by atoms with Gasteiger partial charge in [-0.2, -0.15) is 0 Å². The van der Waals surface area contributed by atoms with E-state index in [1.54, 1.807) is 25.1 Å². The Bertz CT molecular complexity index is 394. The van der Waals surface area contributed by atoms with Crippen molar-refractivity contribution < 1.29 is 9.53 Å². The van der Waals surface area contributed by atoms with Crippen LogP contribution in [0.3, 0.4) is 0 Å². The van der Waals surface area contributed by atoms with E-state index in [1.807, 2.05) is 6.92 Å². The van der Waals surface area contributed by atoms with E-state index >= 15 is 0 Å². The van der Waals surface area contributed by atoms with Crippen molar-refractivity contribution in [3.05, 3.63) is 23.2 Å². The lowest BCUT2D eigenvalue weighted by Crippen LogP contribution is -2.23. The number of rotatable bonds is 5. The topological polar surface area (TPSA) is 64.3 Å². The standard InChI is InChI=1S/C12H17ClN2O2/c1-3-17-11-5-4-9(7-10(11)13)15-12(16)6-8(2)14/h4-5,7-8H,3,6,14H2,1-2H3,(H,15,16). The number of hydrogen-bond acceptors (Lipinski definition) is 3. The van der Waals surface area contributed by atoms with Gasteiger partial charge in [-0.3, -0.25) is 4.79 Å². The van der Waals surface area contributed by atoms with Crippen LogP contribution in [0.1, 0.15) is 20.3 Å². The molecule has 3 N–H and O–H groups in total. The summed E-state index contributed by atoms with van der Waals surface area (Å²) in [6.45, 7) is 4.22. The normalized spacial score (nSPS) is 12.0. The number of anilines is 1. The minimum atomic E-state index is -0.159. The van der Waals surface area contributed by atoms with E-state index in [9.17, 15) is 4.79 Å². The first-order valence-corrected chi connectivity index (χ1v) is 5.88. The van der Waals surface area contributed by atoms with E-state index < -0.39 is 0 Å². The van der Waals surface area contributed by atoms with Gasteiger partial charge in [-0.15, -0.1) is 0 Å². The number of amides is 1. The average Bonchev–Trinajstić information content (AvgIpc) is 2.21. The van der Waals surface area contributed by atoms with E-state index in [2.05, 4.69) is 5.32 Å². The molecule has 0 aliphatic rings. The first-order valence-electron chi connectivity index (χ1n) is 5.50. The van der Waals surface area contributed by atoms with Crippen LogP contribution in [0, 0.1) is 0 Å². The second-order valence-corrected chi connectivity index (χ2v) is 4.21. The third kappa shape index (κ3) is 4.63. The summed E-state index contributed by atoms with van der Waals surface area (Å²) in [5, 5.41) is 3.20. The molecular weight excluding hydrogens is 240 g/mol. The van der Waals surface area contributed by atoms with Crippen LogP contribution in [-0.4, -0.2) is 18.6 Å². The molecule has 94 valence electrons. The highest BCUT2D eigenvalue weighted by molar-refractivity contribution is 6.32. The van der Waals surface area contributed by atoms with E-state index in [-0.39, 0.29) is 18.4 Å². The summed E-state index contributed by atoms with van der Waals surface area (Å²) in [6, 6.07) is 4.97. The van der Waals surface area contributed by atoms with E-state index in [4.69, 9.17) is 22.1 Å². The molecule has 1 atom stereocenters. The van der Waals surface area contributed by atoms with Gasteiger partial charge in [-0.05, 0) is 32.0 Å². The van der Waals surface area contributed by atoms with Gasteiger partial charge < -0.3 is 15.8 Å². The number of halogens is 1. The molecule has 0 aromatic heterocycles. The monoisotopic (exact) mass is 256 g/mol. The lowest BCUT2D eigenvalue weighted by atomic mass is 10.2. The number of carbonyl (C=O) groups excluding carboxylic acids is 1. The van der Waals surface area contributed by atoms with Crippen LogP contribution in [-0.2, 0) is 4.79 Å². The highest BCUT2D eigenvalue weighted by Gasteiger charge is 2.07.